The molecule has 0 bridgehead atoms. The molecule has 0 saturated heterocycles. The fraction of sp³-hybridized carbons (Fsp3) is 0.538. The zero-order valence-electron chi connectivity index (χ0n) is 10.4. The molecule has 0 heterocycles. The number of nitrogens with zero attached hydrogens (tertiary/aromatic N) is 1. The normalized spacial score (nSPS) is 16.5. The molecule has 0 aromatic heterocycles. The monoisotopic (exact) mass is 336 g/mol. The number of rotatable bonds is 5. The fourth-order valence-corrected chi connectivity index (χ4v) is 2.67. The molecule has 1 fully saturated rings. The van der Waals surface area contributed by atoms with Gasteiger partial charge in [0, 0.05) is 29.2 Å². The number of hydrogen-bond donors (Lipinski definition) is 1. The van der Waals surface area contributed by atoms with Crippen molar-refractivity contribution < 1.29 is 4.39 Å². The molecule has 1 aliphatic carbocycles. The van der Waals surface area contributed by atoms with Gasteiger partial charge in [-0.05, 0) is 44.0 Å². The van der Waals surface area contributed by atoms with Crippen molar-refractivity contribution in [1.29, 1.82) is 0 Å². The Bertz CT molecular complexity index is 399. The molecule has 2 rings (SSSR count). The van der Waals surface area contributed by atoms with Gasteiger partial charge in [-0.3, -0.25) is 4.90 Å². The smallest absolute Gasteiger partial charge is 0.127 e. The Labute approximate surface area is 122 Å². The summed E-state index contributed by atoms with van der Waals surface area (Å²) in [4.78, 5) is 2.17. The molecule has 0 radical (unpaired) electrons. The van der Waals surface area contributed by atoms with Crippen LogP contribution >= 0.6 is 28.3 Å². The number of benzene rings is 1. The quantitative estimate of drug-likeness (QED) is 0.894. The van der Waals surface area contributed by atoms with Gasteiger partial charge < -0.3 is 5.73 Å². The second kappa shape index (κ2) is 6.85. The standard InChI is InChI=1S/C13H18BrFN2.ClH/c1-17(13(7-16)9-2-3-9)8-10-6-11(14)4-5-12(10)15;/h4-6,9,13H,2-3,7-8,16H2,1H3;1H. The van der Waals surface area contributed by atoms with Gasteiger partial charge in [-0.15, -0.1) is 12.4 Å². The van der Waals surface area contributed by atoms with Crippen molar-refractivity contribution >= 4 is 28.3 Å². The lowest BCUT2D eigenvalue weighted by Crippen LogP contribution is -2.39. The van der Waals surface area contributed by atoms with E-state index >= 15 is 0 Å². The van der Waals surface area contributed by atoms with E-state index in [9.17, 15) is 4.39 Å². The number of likely N-dealkylation sites (N-methyl/N-ethyl adjacent to an activating group) is 1. The van der Waals surface area contributed by atoms with Crippen LogP contribution in [0, 0.1) is 11.7 Å². The van der Waals surface area contributed by atoms with E-state index in [-0.39, 0.29) is 18.2 Å². The molecular weight excluding hydrogens is 319 g/mol. The van der Waals surface area contributed by atoms with Crippen molar-refractivity contribution in [1.82, 2.24) is 4.90 Å². The Kier molecular flexibility index (Phi) is 6.05. The van der Waals surface area contributed by atoms with Crippen molar-refractivity contribution in [3.05, 3.63) is 34.1 Å². The first-order valence-electron chi connectivity index (χ1n) is 5.96. The summed E-state index contributed by atoms with van der Waals surface area (Å²) in [5.41, 5.74) is 6.51. The van der Waals surface area contributed by atoms with Gasteiger partial charge in [0.2, 0.25) is 0 Å². The van der Waals surface area contributed by atoms with E-state index in [2.05, 4.69) is 20.8 Å². The van der Waals surface area contributed by atoms with Crippen LogP contribution in [0.5, 0.6) is 0 Å². The van der Waals surface area contributed by atoms with Crippen molar-refractivity contribution in [3.63, 3.8) is 0 Å². The van der Waals surface area contributed by atoms with Gasteiger partial charge in [0.25, 0.3) is 0 Å². The minimum absolute atomic E-state index is 0. The van der Waals surface area contributed by atoms with Crippen molar-refractivity contribution in [3.8, 4) is 0 Å². The second-order valence-electron chi connectivity index (χ2n) is 4.79. The molecule has 1 unspecified atom stereocenters. The summed E-state index contributed by atoms with van der Waals surface area (Å²) in [6.45, 7) is 1.26. The average molecular weight is 338 g/mol. The van der Waals surface area contributed by atoms with Crippen LogP contribution in [0.25, 0.3) is 0 Å². The summed E-state index contributed by atoms with van der Waals surface area (Å²) >= 11 is 3.37. The van der Waals surface area contributed by atoms with E-state index < -0.39 is 0 Å². The average Bonchev–Trinajstić information content (AvgIpc) is 3.09. The van der Waals surface area contributed by atoms with Gasteiger partial charge in [-0.25, -0.2) is 4.39 Å². The lowest BCUT2D eigenvalue weighted by atomic mass is 10.1. The van der Waals surface area contributed by atoms with Crippen LogP contribution in [0.1, 0.15) is 18.4 Å². The van der Waals surface area contributed by atoms with E-state index in [0.29, 0.717) is 25.0 Å². The lowest BCUT2D eigenvalue weighted by Gasteiger charge is -2.27. The highest BCUT2D eigenvalue weighted by atomic mass is 79.9. The zero-order chi connectivity index (χ0) is 12.4. The first-order valence-corrected chi connectivity index (χ1v) is 6.75. The molecule has 1 aromatic rings. The van der Waals surface area contributed by atoms with Crippen molar-refractivity contribution in [2.75, 3.05) is 13.6 Å². The van der Waals surface area contributed by atoms with Gasteiger partial charge >= 0.3 is 0 Å². The highest BCUT2D eigenvalue weighted by molar-refractivity contribution is 9.10. The Hall–Kier alpha value is -0.160. The molecule has 102 valence electrons. The third kappa shape index (κ3) is 3.92. The molecule has 2 nitrogen and oxygen atoms in total. The summed E-state index contributed by atoms with van der Waals surface area (Å²) in [6, 6.07) is 5.45. The molecule has 1 aromatic carbocycles. The fourth-order valence-electron chi connectivity index (χ4n) is 2.26. The van der Waals surface area contributed by atoms with E-state index in [0.717, 1.165) is 10.0 Å². The molecule has 1 saturated carbocycles. The summed E-state index contributed by atoms with van der Waals surface area (Å²) in [5.74, 6) is 0.562. The number of halogens is 3. The topological polar surface area (TPSA) is 29.3 Å². The van der Waals surface area contributed by atoms with Crippen LogP contribution in [-0.2, 0) is 6.54 Å². The van der Waals surface area contributed by atoms with Gasteiger partial charge in [-0.1, -0.05) is 15.9 Å². The van der Waals surface area contributed by atoms with Gasteiger partial charge in [0.1, 0.15) is 5.82 Å². The molecule has 1 atom stereocenters. The number of hydrogen-bond acceptors (Lipinski definition) is 2. The van der Waals surface area contributed by atoms with Crippen LogP contribution in [0.4, 0.5) is 4.39 Å². The molecule has 0 amide bonds. The van der Waals surface area contributed by atoms with Gasteiger partial charge in [-0.2, -0.15) is 0 Å². The largest absolute Gasteiger partial charge is 0.329 e. The van der Waals surface area contributed by atoms with Gasteiger partial charge in [0.15, 0.2) is 0 Å². The Balaban J connectivity index is 0.00000162. The van der Waals surface area contributed by atoms with Crippen LogP contribution in [0.15, 0.2) is 22.7 Å². The highest BCUT2D eigenvalue weighted by Crippen LogP contribution is 2.35. The van der Waals surface area contributed by atoms with E-state index in [1.54, 1.807) is 6.07 Å². The summed E-state index contributed by atoms with van der Waals surface area (Å²) < 4.78 is 14.6. The minimum Gasteiger partial charge on any atom is -0.329 e. The summed E-state index contributed by atoms with van der Waals surface area (Å²) in [6.07, 6.45) is 2.51. The molecule has 18 heavy (non-hydrogen) atoms. The Morgan fingerprint density at radius 2 is 2.17 bits per heavy atom. The Morgan fingerprint density at radius 1 is 1.50 bits per heavy atom. The van der Waals surface area contributed by atoms with E-state index in [4.69, 9.17) is 5.73 Å². The van der Waals surface area contributed by atoms with E-state index in [1.807, 2.05) is 13.1 Å². The van der Waals surface area contributed by atoms with Crippen molar-refractivity contribution in [2.24, 2.45) is 11.7 Å². The first kappa shape index (κ1) is 15.9. The lowest BCUT2D eigenvalue weighted by molar-refractivity contribution is 0.213. The highest BCUT2D eigenvalue weighted by Gasteiger charge is 2.32. The molecule has 1 aliphatic rings. The number of nitrogens with two attached hydrogens (primary N) is 1. The molecular formula is C13H19BrClFN2. The maximum absolute atomic E-state index is 13.6. The summed E-state index contributed by atoms with van der Waals surface area (Å²) in [5, 5.41) is 0. The predicted molar refractivity (Wildman–Crippen MR) is 78.4 cm³/mol. The van der Waals surface area contributed by atoms with Crippen LogP contribution < -0.4 is 5.73 Å². The maximum atomic E-state index is 13.6. The molecule has 2 N–H and O–H groups in total. The maximum Gasteiger partial charge on any atom is 0.127 e. The first-order chi connectivity index (χ1) is 8.11. The van der Waals surface area contributed by atoms with Crippen LogP contribution in [0.3, 0.4) is 0 Å². The Morgan fingerprint density at radius 3 is 2.72 bits per heavy atom. The zero-order valence-corrected chi connectivity index (χ0v) is 12.8. The van der Waals surface area contributed by atoms with Crippen molar-refractivity contribution in [2.45, 2.75) is 25.4 Å². The third-order valence-electron chi connectivity index (χ3n) is 3.40. The van der Waals surface area contributed by atoms with Gasteiger partial charge in [0.05, 0.1) is 0 Å². The van der Waals surface area contributed by atoms with Crippen LogP contribution in [-0.4, -0.2) is 24.5 Å². The second-order valence-corrected chi connectivity index (χ2v) is 5.71. The summed E-state index contributed by atoms with van der Waals surface area (Å²) in [7, 11) is 2.02. The minimum atomic E-state index is -0.147. The molecule has 5 heteroatoms. The van der Waals surface area contributed by atoms with Crippen LogP contribution in [0.2, 0.25) is 0 Å². The molecule has 0 spiro atoms. The SMILES string of the molecule is CN(Cc1cc(Br)ccc1F)C(CN)C1CC1.Cl. The third-order valence-corrected chi connectivity index (χ3v) is 3.89. The predicted octanol–water partition coefficient (Wildman–Crippen LogP) is 3.18. The van der Waals surface area contributed by atoms with E-state index in [1.165, 1.54) is 18.9 Å². The molecule has 0 aliphatic heterocycles.